The van der Waals surface area contributed by atoms with Crippen LogP contribution in [0.5, 0.6) is 0 Å². The second-order valence-corrected chi connectivity index (χ2v) is 1.71. The number of benzene rings is 1. The van der Waals surface area contributed by atoms with Crippen molar-refractivity contribution < 1.29 is 5.11 Å². The maximum atomic E-state index is 8.61. The summed E-state index contributed by atoms with van der Waals surface area (Å²) in [4.78, 5) is 0. The van der Waals surface area contributed by atoms with Crippen LogP contribution in [0.3, 0.4) is 0 Å². The van der Waals surface area contributed by atoms with Crippen molar-refractivity contribution in [3.63, 3.8) is 0 Å². The molecule has 0 radical (unpaired) electrons. The summed E-state index contributed by atoms with van der Waals surface area (Å²) in [6.07, 6.45) is 0. The molecule has 2 heteroatoms. The zero-order chi connectivity index (χ0) is 6.69. The van der Waals surface area contributed by atoms with Crippen LogP contribution >= 0.6 is 0 Å². The van der Waals surface area contributed by atoms with Gasteiger partial charge in [-0.2, -0.15) is 0 Å². The quantitative estimate of drug-likeness (QED) is 0.298. The van der Waals surface area contributed by atoms with Crippen LogP contribution in [0.15, 0.2) is 30.3 Å². The summed E-state index contributed by atoms with van der Waals surface area (Å²) in [5.74, 6) is -0.379. The van der Waals surface area contributed by atoms with E-state index in [2.05, 4.69) is 0 Å². The van der Waals surface area contributed by atoms with Crippen molar-refractivity contribution >= 4 is 5.90 Å². The molecule has 0 spiro atoms. The van der Waals surface area contributed by atoms with Gasteiger partial charge in [0.25, 0.3) is 0 Å². The normalized spacial score (nSPS) is 8.89. The monoisotopic (exact) mass is 121 g/mol. The molecule has 0 saturated carbocycles. The van der Waals surface area contributed by atoms with E-state index in [0.717, 1.165) is 0 Å². The smallest absolute Gasteiger partial charge is 0.145 e. The van der Waals surface area contributed by atoms with Crippen molar-refractivity contribution in [3.05, 3.63) is 41.3 Å². The summed E-state index contributed by atoms with van der Waals surface area (Å²) in [6, 6.07) is 8.76. The summed E-state index contributed by atoms with van der Waals surface area (Å²) >= 11 is 0. The van der Waals surface area contributed by atoms with Gasteiger partial charge in [-0.05, 0) is 12.1 Å². The van der Waals surface area contributed by atoms with Crippen molar-refractivity contribution in [2.45, 2.75) is 0 Å². The summed E-state index contributed by atoms with van der Waals surface area (Å²) in [6.45, 7) is 0. The average Bonchev–Trinajstić information content (AvgIpc) is 1.90. The largest absolute Gasteiger partial charge is 0.720 e. The van der Waals surface area contributed by atoms with E-state index in [-0.39, 0.29) is 5.90 Å². The van der Waals surface area contributed by atoms with E-state index in [1.807, 2.05) is 6.07 Å². The molecular formula is C7H7NO. The molecule has 0 aromatic heterocycles. The number of rotatable bonds is 1. The number of nitrogens with zero attached hydrogens (tertiary/aromatic N) is 1. The summed E-state index contributed by atoms with van der Waals surface area (Å²) < 4.78 is 0. The van der Waals surface area contributed by atoms with Crippen molar-refractivity contribution in [1.82, 2.24) is 0 Å². The molecule has 0 heterocycles. The van der Waals surface area contributed by atoms with Crippen LogP contribution in [0.25, 0.3) is 5.41 Å². The van der Waals surface area contributed by atoms with Gasteiger partial charge in [-0.15, -0.1) is 0 Å². The molecule has 9 heavy (non-hydrogen) atoms. The lowest BCUT2D eigenvalue weighted by molar-refractivity contribution is 0.564. The van der Waals surface area contributed by atoms with Gasteiger partial charge in [-0.3, -0.25) is 0 Å². The highest BCUT2D eigenvalue weighted by Gasteiger charge is 1.88. The molecule has 46 valence electrons. The standard InChI is InChI=1S/C7H6NO/c8-7(9)6-4-2-1-3-5-6/h1-5H,(H-,8,9)/q-1/p+1. The van der Waals surface area contributed by atoms with E-state index in [4.69, 9.17) is 10.5 Å². The van der Waals surface area contributed by atoms with Crippen LogP contribution in [0.2, 0.25) is 0 Å². The molecular weight excluding hydrogens is 114 g/mol. The van der Waals surface area contributed by atoms with Crippen LogP contribution in [0.4, 0.5) is 0 Å². The van der Waals surface area contributed by atoms with E-state index in [9.17, 15) is 0 Å². The fraction of sp³-hybridized carbons (Fsp3) is 0. The predicted molar refractivity (Wildman–Crippen MR) is 37.5 cm³/mol. The summed E-state index contributed by atoms with van der Waals surface area (Å²) in [7, 11) is 0. The van der Waals surface area contributed by atoms with Gasteiger partial charge >= 0.3 is 0 Å². The van der Waals surface area contributed by atoms with E-state index in [1.165, 1.54) is 0 Å². The van der Waals surface area contributed by atoms with Gasteiger partial charge in [-0.1, -0.05) is 18.2 Å². The third kappa shape index (κ3) is 1.29. The number of hydrogen-bond acceptors (Lipinski definition) is 0. The molecule has 0 amide bonds. The Bertz CT molecular complexity index is 205. The van der Waals surface area contributed by atoms with Gasteiger partial charge in [0.15, 0.2) is 0 Å². The molecule has 0 atom stereocenters. The zero-order valence-electron chi connectivity index (χ0n) is 4.83. The highest BCUT2D eigenvalue weighted by molar-refractivity contribution is 5.94. The predicted octanol–water partition coefficient (Wildman–Crippen LogP) is 0.727. The Hall–Kier alpha value is -1.31. The fourth-order valence-electron chi connectivity index (χ4n) is 0.596. The lowest BCUT2D eigenvalue weighted by Gasteiger charge is -1.96. The minimum atomic E-state index is -0.379. The first-order chi connectivity index (χ1) is 4.30. The topological polar surface area (TPSA) is 45.2 Å². The second-order valence-electron chi connectivity index (χ2n) is 1.71. The van der Waals surface area contributed by atoms with Crippen molar-refractivity contribution in [2.24, 2.45) is 0 Å². The molecule has 1 rings (SSSR count). The van der Waals surface area contributed by atoms with Crippen LogP contribution in [-0.2, 0) is 0 Å². The summed E-state index contributed by atoms with van der Waals surface area (Å²) in [5, 5.41) is 15.4. The molecule has 0 unspecified atom stereocenters. The molecule has 0 aliphatic rings. The Morgan fingerprint density at radius 1 is 1.22 bits per heavy atom. The van der Waals surface area contributed by atoms with E-state index in [1.54, 1.807) is 24.3 Å². The van der Waals surface area contributed by atoms with E-state index < -0.39 is 0 Å². The van der Waals surface area contributed by atoms with Crippen molar-refractivity contribution in [3.8, 4) is 0 Å². The van der Waals surface area contributed by atoms with Gasteiger partial charge in [-0.25, -0.2) is 0 Å². The van der Waals surface area contributed by atoms with Crippen LogP contribution in [0.1, 0.15) is 5.56 Å². The van der Waals surface area contributed by atoms with E-state index in [0.29, 0.717) is 5.56 Å². The lowest BCUT2D eigenvalue weighted by Crippen LogP contribution is -1.92. The first kappa shape index (κ1) is 5.82. The highest BCUT2D eigenvalue weighted by Crippen LogP contribution is 1.96. The van der Waals surface area contributed by atoms with Crippen LogP contribution < -0.4 is 0 Å². The lowest BCUT2D eigenvalue weighted by atomic mass is 10.2. The molecule has 1 aromatic carbocycles. The Morgan fingerprint density at radius 3 is 2.11 bits per heavy atom. The average molecular weight is 121 g/mol. The Balaban J connectivity index is 2.98. The Kier molecular flexibility index (Phi) is 1.49. The van der Waals surface area contributed by atoms with Gasteiger partial charge in [0, 0.05) is 5.56 Å². The minimum absolute atomic E-state index is 0.379. The maximum Gasteiger partial charge on any atom is 0.145 e. The summed E-state index contributed by atoms with van der Waals surface area (Å²) in [5.41, 5.74) is 0.553. The van der Waals surface area contributed by atoms with Gasteiger partial charge < -0.3 is 10.5 Å². The number of hydrogen-bond donors (Lipinski definition) is 0. The van der Waals surface area contributed by atoms with Gasteiger partial charge in [0.1, 0.15) is 5.90 Å². The molecule has 2 nitrogen and oxygen atoms in total. The first-order valence-electron chi connectivity index (χ1n) is 2.63. The molecule has 0 aliphatic heterocycles. The fourth-order valence-corrected chi connectivity index (χ4v) is 0.596. The third-order valence-electron chi connectivity index (χ3n) is 1.05. The van der Waals surface area contributed by atoms with Crippen LogP contribution in [-0.4, -0.2) is 11.0 Å². The maximum absolute atomic E-state index is 8.61. The molecule has 0 bridgehead atoms. The molecule has 1 aromatic rings. The SMILES string of the molecule is [N-]=C([OH2+])c1ccccc1. The zero-order valence-corrected chi connectivity index (χ0v) is 4.83. The van der Waals surface area contributed by atoms with Crippen molar-refractivity contribution in [1.29, 1.82) is 0 Å². The second kappa shape index (κ2) is 2.31. The minimum Gasteiger partial charge on any atom is -0.720 e. The van der Waals surface area contributed by atoms with Crippen molar-refractivity contribution in [2.75, 3.05) is 0 Å². The molecule has 0 saturated heterocycles. The van der Waals surface area contributed by atoms with Crippen LogP contribution in [0, 0.1) is 0 Å². The Labute approximate surface area is 53.3 Å². The first-order valence-corrected chi connectivity index (χ1v) is 2.63. The van der Waals surface area contributed by atoms with Gasteiger partial charge in [0.2, 0.25) is 0 Å². The van der Waals surface area contributed by atoms with E-state index >= 15 is 0 Å². The van der Waals surface area contributed by atoms with Gasteiger partial charge in [0.05, 0.1) is 0 Å². The molecule has 2 N–H and O–H groups in total. The Morgan fingerprint density at radius 2 is 1.78 bits per heavy atom. The third-order valence-corrected chi connectivity index (χ3v) is 1.05. The molecule has 0 aliphatic carbocycles. The molecule has 0 fully saturated rings. The highest BCUT2D eigenvalue weighted by atomic mass is 16.3.